The van der Waals surface area contributed by atoms with Gasteiger partial charge < -0.3 is 10.1 Å². The number of thiophene rings is 1. The Balaban J connectivity index is 1.64. The van der Waals surface area contributed by atoms with Gasteiger partial charge in [0, 0.05) is 10.4 Å². The summed E-state index contributed by atoms with van der Waals surface area (Å²) in [6.07, 6.45) is 0.170. The van der Waals surface area contributed by atoms with Crippen molar-refractivity contribution in [2.45, 2.75) is 38.1 Å². The van der Waals surface area contributed by atoms with Gasteiger partial charge in [-0.15, -0.1) is 11.3 Å². The van der Waals surface area contributed by atoms with Crippen LogP contribution in [0.1, 0.15) is 31.9 Å². The molecule has 0 saturated heterocycles. The molecule has 7 nitrogen and oxygen atoms in total. The van der Waals surface area contributed by atoms with E-state index in [1.54, 1.807) is 38.1 Å². The molecule has 0 aliphatic rings. The number of ether oxygens (including phenoxy) is 1. The standard InChI is InChI=1S/C28H28N2O5S2/c1-17-12-18(2)26(19(3)13-17)37(33,34)30-23(14-20-8-6-5-7-9-20)27(31)29-22-10-11-24-21(15-22)16-25(36-24)28(32)35-4/h5-13,15-16,23,30H,14H2,1-4H3,(H,29,31). The van der Waals surface area contributed by atoms with E-state index >= 15 is 0 Å². The topological polar surface area (TPSA) is 102 Å². The van der Waals surface area contributed by atoms with Crippen LogP contribution in [0.25, 0.3) is 10.1 Å². The molecule has 192 valence electrons. The number of anilines is 1. The molecule has 1 unspecified atom stereocenters. The van der Waals surface area contributed by atoms with Gasteiger partial charge in [0.05, 0.1) is 12.0 Å². The SMILES string of the molecule is COC(=O)c1cc2cc(NC(=O)C(Cc3ccccc3)NS(=O)(=O)c3c(C)cc(C)cc3C)ccc2s1. The van der Waals surface area contributed by atoms with Gasteiger partial charge in [0.25, 0.3) is 0 Å². The minimum Gasteiger partial charge on any atom is -0.465 e. The Morgan fingerprint density at radius 3 is 2.27 bits per heavy atom. The lowest BCUT2D eigenvalue weighted by Gasteiger charge is -2.21. The zero-order chi connectivity index (χ0) is 26.7. The summed E-state index contributed by atoms with van der Waals surface area (Å²) in [4.78, 5) is 26.0. The maximum absolute atomic E-state index is 13.5. The summed E-state index contributed by atoms with van der Waals surface area (Å²) >= 11 is 1.30. The van der Waals surface area contributed by atoms with E-state index in [0.717, 1.165) is 21.2 Å². The number of hydrogen-bond donors (Lipinski definition) is 2. The molecule has 0 fully saturated rings. The first-order chi connectivity index (χ1) is 17.6. The first-order valence-corrected chi connectivity index (χ1v) is 13.9. The molecule has 4 rings (SSSR count). The van der Waals surface area contributed by atoms with E-state index in [0.29, 0.717) is 21.7 Å². The Morgan fingerprint density at radius 2 is 1.62 bits per heavy atom. The zero-order valence-electron chi connectivity index (χ0n) is 21.0. The van der Waals surface area contributed by atoms with Crippen molar-refractivity contribution in [3.63, 3.8) is 0 Å². The Morgan fingerprint density at radius 1 is 0.946 bits per heavy atom. The Labute approximate surface area is 220 Å². The van der Waals surface area contributed by atoms with Gasteiger partial charge in [-0.2, -0.15) is 4.72 Å². The van der Waals surface area contributed by atoms with E-state index in [4.69, 9.17) is 4.74 Å². The molecule has 1 heterocycles. The summed E-state index contributed by atoms with van der Waals surface area (Å²) in [6.45, 7) is 5.41. The highest BCUT2D eigenvalue weighted by Crippen LogP contribution is 2.29. The van der Waals surface area contributed by atoms with Crippen LogP contribution >= 0.6 is 11.3 Å². The van der Waals surface area contributed by atoms with Crippen molar-refractivity contribution in [2.24, 2.45) is 0 Å². The second kappa shape index (κ2) is 10.8. The number of carbonyl (C=O) groups is 2. The van der Waals surface area contributed by atoms with Crippen LogP contribution in [0.4, 0.5) is 5.69 Å². The fraction of sp³-hybridized carbons (Fsp3) is 0.214. The van der Waals surface area contributed by atoms with Gasteiger partial charge in [0.15, 0.2) is 0 Å². The van der Waals surface area contributed by atoms with E-state index in [-0.39, 0.29) is 11.3 Å². The lowest BCUT2D eigenvalue weighted by molar-refractivity contribution is -0.117. The number of aryl methyl sites for hydroxylation is 3. The van der Waals surface area contributed by atoms with Crippen LogP contribution in [0.3, 0.4) is 0 Å². The second-order valence-electron chi connectivity index (χ2n) is 8.94. The van der Waals surface area contributed by atoms with Crippen LogP contribution in [-0.4, -0.2) is 33.4 Å². The van der Waals surface area contributed by atoms with E-state index < -0.39 is 27.9 Å². The summed E-state index contributed by atoms with van der Waals surface area (Å²) in [5.74, 6) is -0.913. The van der Waals surface area contributed by atoms with E-state index in [1.807, 2.05) is 49.4 Å². The first kappa shape index (κ1) is 26.5. The molecule has 4 aromatic rings. The van der Waals surface area contributed by atoms with E-state index in [9.17, 15) is 18.0 Å². The fourth-order valence-electron chi connectivity index (χ4n) is 4.43. The second-order valence-corrected chi connectivity index (χ2v) is 11.7. The van der Waals surface area contributed by atoms with Crippen molar-refractivity contribution in [3.05, 3.63) is 93.9 Å². The lowest BCUT2D eigenvalue weighted by Crippen LogP contribution is -2.45. The largest absolute Gasteiger partial charge is 0.465 e. The normalized spacial score (nSPS) is 12.3. The van der Waals surface area contributed by atoms with Crippen LogP contribution in [0.5, 0.6) is 0 Å². The number of fused-ring (bicyclic) bond motifs is 1. The molecule has 9 heteroatoms. The molecule has 37 heavy (non-hydrogen) atoms. The summed E-state index contributed by atoms with van der Waals surface area (Å²) < 4.78 is 35.3. The third-order valence-electron chi connectivity index (χ3n) is 5.94. The number of benzene rings is 3. The highest BCUT2D eigenvalue weighted by molar-refractivity contribution is 7.89. The van der Waals surface area contributed by atoms with Crippen LogP contribution in [-0.2, 0) is 26.0 Å². The number of rotatable bonds is 8. The summed E-state index contributed by atoms with van der Waals surface area (Å²) in [7, 11) is -2.67. The molecule has 1 aromatic heterocycles. The molecule has 1 atom stereocenters. The molecule has 3 aromatic carbocycles. The van der Waals surface area contributed by atoms with Gasteiger partial charge in [-0.25, -0.2) is 13.2 Å². The smallest absolute Gasteiger partial charge is 0.348 e. The van der Waals surface area contributed by atoms with Crippen LogP contribution in [0, 0.1) is 20.8 Å². The molecule has 2 N–H and O–H groups in total. The summed E-state index contributed by atoms with van der Waals surface area (Å²) in [5.41, 5.74) is 3.51. The zero-order valence-corrected chi connectivity index (χ0v) is 22.6. The van der Waals surface area contributed by atoms with Crippen molar-refractivity contribution in [1.29, 1.82) is 0 Å². The molecule has 0 aliphatic carbocycles. The number of methoxy groups -OCH3 is 1. The highest BCUT2D eigenvalue weighted by Gasteiger charge is 2.28. The molecule has 0 saturated carbocycles. The van der Waals surface area contributed by atoms with Crippen molar-refractivity contribution in [3.8, 4) is 0 Å². The number of amides is 1. The predicted octanol–water partition coefficient (Wildman–Crippen LogP) is 5.14. The highest BCUT2D eigenvalue weighted by atomic mass is 32.2. The number of esters is 1. The van der Waals surface area contributed by atoms with Crippen molar-refractivity contribution in [1.82, 2.24) is 4.72 Å². The maximum Gasteiger partial charge on any atom is 0.348 e. The summed E-state index contributed by atoms with van der Waals surface area (Å²) in [5, 5.41) is 3.61. The molecule has 0 spiro atoms. The van der Waals surface area contributed by atoms with E-state index in [2.05, 4.69) is 10.0 Å². The average molecular weight is 537 g/mol. The van der Waals surface area contributed by atoms with Crippen molar-refractivity contribution in [2.75, 3.05) is 12.4 Å². The van der Waals surface area contributed by atoms with Crippen LogP contribution in [0.2, 0.25) is 0 Å². The van der Waals surface area contributed by atoms with Crippen molar-refractivity contribution < 1.29 is 22.7 Å². The minimum atomic E-state index is -4.00. The van der Waals surface area contributed by atoms with Gasteiger partial charge in [-0.05, 0) is 73.5 Å². The monoisotopic (exact) mass is 536 g/mol. The average Bonchev–Trinajstić information content (AvgIpc) is 3.26. The third kappa shape index (κ3) is 6.07. The van der Waals surface area contributed by atoms with Crippen LogP contribution in [0.15, 0.2) is 71.6 Å². The number of nitrogens with one attached hydrogen (secondary N) is 2. The number of sulfonamides is 1. The predicted molar refractivity (Wildman–Crippen MR) is 147 cm³/mol. The Hall–Kier alpha value is -3.53. The van der Waals surface area contributed by atoms with Gasteiger partial charge in [-0.1, -0.05) is 48.0 Å². The first-order valence-electron chi connectivity index (χ1n) is 11.6. The molecule has 0 aliphatic heterocycles. The third-order valence-corrected chi connectivity index (χ3v) is 8.81. The van der Waals surface area contributed by atoms with Crippen LogP contribution < -0.4 is 10.0 Å². The summed E-state index contributed by atoms with van der Waals surface area (Å²) in [6, 6.07) is 18.8. The van der Waals surface area contributed by atoms with Gasteiger partial charge in [0.2, 0.25) is 15.9 Å². The fourth-order valence-corrected chi connectivity index (χ4v) is 7.04. The lowest BCUT2D eigenvalue weighted by atomic mass is 10.1. The van der Waals surface area contributed by atoms with Gasteiger partial charge in [-0.3, -0.25) is 4.79 Å². The maximum atomic E-state index is 13.5. The quantitative estimate of drug-likeness (QED) is 0.304. The van der Waals surface area contributed by atoms with Crippen molar-refractivity contribution >= 4 is 49.0 Å². The minimum absolute atomic E-state index is 0.170. The van der Waals surface area contributed by atoms with E-state index in [1.165, 1.54) is 18.4 Å². The Kier molecular flexibility index (Phi) is 7.77. The molecule has 0 bridgehead atoms. The molecule has 0 radical (unpaired) electrons. The molecular weight excluding hydrogens is 508 g/mol. The number of carbonyl (C=O) groups excluding carboxylic acids is 2. The van der Waals surface area contributed by atoms with Gasteiger partial charge >= 0.3 is 5.97 Å². The number of hydrogen-bond acceptors (Lipinski definition) is 6. The molecular formula is C28H28N2O5S2. The Bertz CT molecular complexity index is 1550. The molecule has 1 amide bonds. The van der Waals surface area contributed by atoms with Gasteiger partial charge in [0.1, 0.15) is 10.9 Å².